The normalized spacial score (nSPS) is 16.0. The van der Waals surface area contributed by atoms with Crippen LogP contribution in [0.25, 0.3) is 11.2 Å². The fourth-order valence-electron chi connectivity index (χ4n) is 3.41. The molecule has 0 spiro atoms. The molecule has 1 aliphatic carbocycles. The van der Waals surface area contributed by atoms with Gasteiger partial charge in [-0.25, -0.2) is 9.97 Å². The van der Waals surface area contributed by atoms with E-state index in [-0.39, 0.29) is 17.4 Å². The highest BCUT2D eigenvalue weighted by atomic mass is 32.2. The summed E-state index contributed by atoms with van der Waals surface area (Å²) in [6.07, 6.45) is 8.13. The summed E-state index contributed by atoms with van der Waals surface area (Å²) < 4.78 is 7.88. The molecule has 1 saturated carbocycles. The zero-order valence-electron chi connectivity index (χ0n) is 20.1. The van der Waals surface area contributed by atoms with Crippen LogP contribution in [0.15, 0.2) is 12.4 Å². The molecule has 3 rings (SSSR count). The molecule has 0 aliphatic heterocycles. The topological polar surface area (TPSA) is 69.0 Å². The molecular weight excluding hydrogens is 424 g/mol. The summed E-state index contributed by atoms with van der Waals surface area (Å²) in [5.41, 5.74) is 2.99. The molecule has 6 nitrogen and oxygen atoms in total. The molecule has 0 aromatic carbocycles. The van der Waals surface area contributed by atoms with Crippen LogP contribution in [0, 0.1) is 5.41 Å². The quantitative estimate of drug-likeness (QED) is 0.370. The monoisotopic (exact) mass is 462 g/mol. The number of aromatic nitrogens is 3. The van der Waals surface area contributed by atoms with Gasteiger partial charge in [-0.1, -0.05) is 33.5 Å². The summed E-state index contributed by atoms with van der Waals surface area (Å²) in [7, 11) is -1.15. The Morgan fingerprint density at radius 3 is 2.71 bits per heavy atom. The number of ether oxygens (including phenoxy) is 1. The Morgan fingerprint density at radius 1 is 1.39 bits per heavy atom. The van der Waals surface area contributed by atoms with Gasteiger partial charge in [-0.2, -0.15) is 11.8 Å². The van der Waals surface area contributed by atoms with Crippen molar-refractivity contribution in [3.05, 3.63) is 23.7 Å². The number of thioether (sulfide) groups is 1. The molecule has 8 heteroatoms. The van der Waals surface area contributed by atoms with Crippen LogP contribution in [0.5, 0.6) is 0 Å². The summed E-state index contributed by atoms with van der Waals surface area (Å²) in [6.45, 7) is 14.6. The lowest BCUT2D eigenvalue weighted by Crippen LogP contribution is -2.44. The maximum absolute atomic E-state index is 13.3. The van der Waals surface area contributed by atoms with Crippen LogP contribution in [-0.2, 0) is 11.5 Å². The highest BCUT2D eigenvalue weighted by Gasteiger charge is 2.30. The third-order valence-corrected chi connectivity index (χ3v) is 8.82. The minimum Gasteiger partial charge on any atom is -0.361 e. The zero-order valence-corrected chi connectivity index (χ0v) is 21.9. The third-order valence-electron chi connectivity index (χ3n) is 6.09. The third kappa shape index (κ3) is 6.32. The number of rotatable bonds is 11. The molecule has 31 heavy (non-hydrogen) atoms. The van der Waals surface area contributed by atoms with E-state index in [1.807, 2.05) is 17.0 Å². The van der Waals surface area contributed by atoms with Crippen molar-refractivity contribution in [3.63, 3.8) is 0 Å². The molecule has 1 N–H and O–H groups in total. The van der Waals surface area contributed by atoms with Crippen molar-refractivity contribution in [2.24, 2.45) is 5.41 Å². The number of amides is 1. The van der Waals surface area contributed by atoms with Gasteiger partial charge in [0.05, 0.1) is 17.5 Å². The fraction of sp³-hybridized carbons (Fsp3) is 0.696. The van der Waals surface area contributed by atoms with Crippen molar-refractivity contribution in [3.8, 4) is 0 Å². The van der Waals surface area contributed by atoms with Crippen molar-refractivity contribution < 1.29 is 9.53 Å². The van der Waals surface area contributed by atoms with E-state index in [1.165, 1.54) is 0 Å². The SMILES string of the molecule is CSCC(C)(C)[C@H](C)NC(=O)c1cn(COCC[Si](C)(C)C)c2ncc(C3CC3)nc12. The maximum Gasteiger partial charge on any atom is 0.255 e. The number of hydrogen-bond acceptors (Lipinski definition) is 5. The fourth-order valence-corrected chi connectivity index (χ4v) is 5.16. The van der Waals surface area contributed by atoms with Crippen molar-refractivity contribution >= 4 is 36.9 Å². The zero-order chi connectivity index (χ0) is 22.8. The number of fused-ring (bicyclic) bond motifs is 1. The van der Waals surface area contributed by atoms with Gasteiger partial charge in [-0.05, 0) is 37.5 Å². The first kappa shape index (κ1) is 24.3. The number of carbonyl (C=O) groups excluding carboxylic acids is 1. The molecule has 2 aromatic heterocycles. The highest BCUT2D eigenvalue weighted by molar-refractivity contribution is 7.98. The van der Waals surface area contributed by atoms with E-state index in [4.69, 9.17) is 9.72 Å². The highest BCUT2D eigenvalue weighted by Crippen LogP contribution is 2.39. The minimum absolute atomic E-state index is 0.00173. The van der Waals surface area contributed by atoms with E-state index < -0.39 is 8.07 Å². The van der Waals surface area contributed by atoms with Gasteiger partial charge in [0.2, 0.25) is 0 Å². The van der Waals surface area contributed by atoms with Gasteiger partial charge in [-0.15, -0.1) is 0 Å². The lowest BCUT2D eigenvalue weighted by atomic mass is 9.87. The lowest BCUT2D eigenvalue weighted by Gasteiger charge is -2.31. The summed E-state index contributed by atoms with van der Waals surface area (Å²) in [4.78, 5) is 22.8. The molecule has 1 amide bonds. The Hall–Kier alpha value is -1.38. The first-order chi connectivity index (χ1) is 14.5. The Kier molecular flexibility index (Phi) is 7.53. The molecule has 1 aliphatic rings. The first-order valence-corrected chi connectivity index (χ1v) is 16.4. The average molecular weight is 463 g/mol. The van der Waals surface area contributed by atoms with Crippen molar-refractivity contribution in [1.29, 1.82) is 0 Å². The van der Waals surface area contributed by atoms with Gasteiger partial charge in [0.15, 0.2) is 5.65 Å². The molecular formula is C23H38N4O2SSi. The van der Waals surface area contributed by atoms with Crippen LogP contribution < -0.4 is 5.32 Å². The summed E-state index contributed by atoms with van der Waals surface area (Å²) in [5.74, 6) is 1.38. The smallest absolute Gasteiger partial charge is 0.255 e. The standard InChI is InChI=1S/C23H38N4O2SSi/c1-16(23(2,3)14-30-4)25-22(28)18-13-27(15-29-10-11-31(5,6)7)21-20(18)26-19(12-24-21)17-8-9-17/h12-13,16-17H,8-11,14-15H2,1-7H3,(H,25,28)/t16-/m0/s1. The van der Waals surface area contributed by atoms with Crippen molar-refractivity contribution in [1.82, 2.24) is 19.9 Å². The largest absolute Gasteiger partial charge is 0.361 e. The lowest BCUT2D eigenvalue weighted by molar-refractivity contribution is 0.0883. The van der Waals surface area contributed by atoms with Gasteiger partial charge in [0.1, 0.15) is 12.2 Å². The van der Waals surface area contributed by atoms with Crippen LogP contribution in [0.4, 0.5) is 0 Å². The summed E-state index contributed by atoms with van der Waals surface area (Å²) >= 11 is 1.80. The van der Waals surface area contributed by atoms with Crippen LogP contribution in [-0.4, -0.2) is 53.2 Å². The molecule has 2 heterocycles. The number of hydrogen-bond donors (Lipinski definition) is 1. The van der Waals surface area contributed by atoms with E-state index in [0.29, 0.717) is 23.7 Å². The number of nitrogens with zero attached hydrogens (tertiary/aromatic N) is 3. The number of nitrogens with one attached hydrogen (secondary N) is 1. The first-order valence-electron chi connectivity index (χ1n) is 11.2. The Morgan fingerprint density at radius 2 is 2.10 bits per heavy atom. The van der Waals surface area contributed by atoms with Gasteiger partial charge in [0, 0.05) is 38.6 Å². The summed E-state index contributed by atoms with van der Waals surface area (Å²) in [6, 6.07) is 1.15. The second-order valence-corrected chi connectivity index (χ2v) is 17.2. The minimum atomic E-state index is -1.15. The van der Waals surface area contributed by atoms with Gasteiger partial charge < -0.3 is 14.6 Å². The van der Waals surface area contributed by atoms with E-state index in [0.717, 1.165) is 42.6 Å². The van der Waals surface area contributed by atoms with E-state index in [2.05, 4.69) is 57.0 Å². The average Bonchev–Trinajstić information content (AvgIpc) is 3.46. The molecule has 1 fully saturated rings. The van der Waals surface area contributed by atoms with Gasteiger partial charge >= 0.3 is 0 Å². The van der Waals surface area contributed by atoms with Crippen LogP contribution in [0.1, 0.15) is 55.6 Å². The van der Waals surface area contributed by atoms with E-state index >= 15 is 0 Å². The molecule has 1 atom stereocenters. The van der Waals surface area contributed by atoms with Crippen molar-refractivity contribution in [2.45, 2.75) is 78.0 Å². The Labute approximate surface area is 191 Å². The molecule has 0 radical (unpaired) electrons. The molecule has 0 bridgehead atoms. The molecule has 172 valence electrons. The second kappa shape index (κ2) is 9.63. The summed E-state index contributed by atoms with van der Waals surface area (Å²) in [5, 5.41) is 3.21. The Bertz CT molecular complexity index is 918. The molecule has 2 aromatic rings. The van der Waals surface area contributed by atoms with E-state index in [1.54, 1.807) is 11.8 Å². The van der Waals surface area contributed by atoms with E-state index in [9.17, 15) is 4.79 Å². The predicted molar refractivity (Wildman–Crippen MR) is 133 cm³/mol. The van der Waals surface area contributed by atoms with Gasteiger partial charge in [-0.3, -0.25) is 4.79 Å². The van der Waals surface area contributed by atoms with Crippen molar-refractivity contribution in [2.75, 3.05) is 18.6 Å². The number of carbonyl (C=O) groups is 1. The molecule has 0 unspecified atom stereocenters. The predicted octanol–water partition coefficient (Wildman–Crippen LogP) is 5.13. The Balaban J connectivity index is 1.83. The maximum atomic E-state index is 13.3. The van der Waals surface area contributed by atoms with Crippen LogP contribution in [0.2, 0.25) is 25.7 Å². The van der Waals surface area contributed by atoms with Crippen LogP contribution in [0.3, 0.4) is 0 Å². The second-order valence-electron chi connectivity index (χ2n) is 10.7. The van der Waals surface area contributed by atoms with Crippen LogP contribution >= 0.6 is 11.8 Å². The molecule has 0 saturated heterocycles. The van der Waals surface area contributed by atoms with Gasteiger partial charge in [0.25, 0.3) is 5.91 Å².